The van der Waals surface area contributed by atoms with Crippen molar-refractivity contribution in [2.75, 3.05) is 13.7 Å². The second-order valence-corrected chi connectivity index (χ2v) is 5.97. The van der Waals surface area contributed by atoms with E-state index in [9.17, 15) is 4.39 Å². The van der Waals surface area contributed by atoms with Gasteiger partial charge in [0.05, 0.1) is 6.61 Å². The molecule has 1 atom stereocenters. The third-order valence-electron chi connectivity index (χ3n) is 3.52. The van der Waals surface area contributed by atoms with Crippen molar-refractivity contribution in [1.29, 1.82) is 0 Å². The fraction of sp³-hybridized carbons (Fsp3) is 0.556. The Morgan fingerprint density at radius 2 is 2.00 bits per heavy atom. The van der Waals surface area contributed by atoms with Crippen molar-refractivity contribution in [3.63, 3.8) is 0 Å². The van der Waals surface area contributed by atoms with Gasteiger partial charge in [0.15, 0.2) is 0 Å². The van der Waals surface area contributed by atoms with Gasteiger partial charge >= 0.3 is 0 Å². The summed E-state index contributed by atoms with van der Waals surface area (Å²) in [4.78, 5) is 2.27. The number of hydrogen-bond donors (Lipinski definition) is 1. The Kier molecular flexibility index (Phi) is 7.42. The Morgan fingerprint density at radius 1 is 1.29 bits per heavy atom. The Hall–Kier alpha value is -1.37. The molecule has 21 heavy (non-hydrogen) atoms. The van der Waals surface area contributed by atoms with Gasteiger partial charge in [0.1, 0.15) is 5.82 Å². The van der Waals surface area contributed by atoms with Crippen molar-refractivity contribution < 1.29 is 9.50 Å². The van der Waals surface area contributed by atoms with Crippen molar-refractivity contribution in [3.05, 3.63) is 35.1 Å². The molecule has 2 nitrogen and oxygen atoms in total. The maximum atomic E-state index is 13.4. The molecule has 0 bridgehead atoms. The fourth-order valence-electron chi connectivity index (χ4n) is 2.30. The highest BCUT2D eigenvalue weighted by molar-refractivity contribution is 5.41. The molecule has 1 rings (SSSR count). The van der Waals surface area contributed by atoms with E-state index in [2.05, 4.69) is 44.6 Å². The first-order valence-corrected chi connectivity index (χ1v) is 7.52. The van der Waals surface area contributed by atoms with Crippen LogP contribution in [0.5, 0.6) is 0 Å². The van der Waals surface area contributed by atoms with Gasteiger partial charge in [-0.15, -0.1) is 0 Å². The van der Waals surface area contributed by atoms with E-state index in [4.69, 9.17) is 5.11 Å². The molecule has 0 aliphatic carbocycles. The van der Waals surface area contributed by atoms with Gasteiger partial charge in [-0.3, -0.25) is 4.90 Å². The first kappa shape index (κ1) is 17.7. The second-order valence-electron chi connectivity index (χ2n) is 5.97. The van der Waals surface area contributed by atoms with Crippen molar-refractivity contribution in [1.82, 2.24) is 4.90 Å². The summed E-state index contributed by atoms with van der Waals surface area (Å²) in [6, 6.07) is 5.22. The number of nitrogens with zero attached hydrogens (tertiary/aromatic N) is 1. The van der Waals surface area contributed by atoms with Crippen LogP contribution in [0.4, 0.5) is 4.39 Å². The zero-order chi connectivity index (χ0) is 15.8. The summed E-state index contributed by atoms with van der Waals surface area (Å²) < 4.78 is 13.4. The molecule has 3 heteroatoms. The number of halogens is 1. The highest BCUT2D eigenvalue weighted by Gasteiger charge is 2.13. The summed E-state index contributed by atoms with van der Waals surface area (Å²) in [5.41, 5.74) is 1.74. The molecule has 0 amide bonds. The molecule has 0 saturated heterocycles. The summed E-state index contributed by atoms with van der Waals surface area (Å²) in [5, 5.41) is 8.79. The molecule has 1 aromatic carbocycles. The maximum Gasteiger partial charge on any atom is 0.124 e. The Morgan fingerprint density at radius 3 is 2.62 bits per heavy atom. The quantitative estimate of drug-likeness (QED) is 0.812. The summed E-state index contributed by atoms with van der Waals surface area (Å²) in [6.45, 7) is 7.42. The second kappa shape index (κ2) is 8.81. The summed E-state index contributed by atoms with van der Waals surface area (Å²) in [6.07, 6.45) is 1.54. The van der Waals surface area contributed by atoms with Gasteiger partial charge in [-0.1, -0.05) is 31.8 Å². The van der Waals surface area contributed by atoms with Crippen LogP contribution in [0, 0.1) is 23.6 Å². The van der Waals surface area contributed by atoms with Crippen LogP contribution >= 0.6 is 0 Å². The zero-order valence-corrected chi connectivity index (χ0v) is 13.5. The highest BCUT2D eigenvalue weighted by Crippen LogP contribution is 2.16. The summed E-state index contributed by atoms with van der Waals surface area (Å²) in [5.74, 6) is 6.21. The number of aliphatic hydroxyl groups excluding tert-OH is 1. The van der Waals surface area contributed by atoms with Crippen molar-refractivity contribution in [2.24, 2.45) is 5.92 Å². The maximum absolute atomic E-state index is 13.4. The topological polar surface area (TPSA) is 23.5 Å². The zero-order valence-electron chi connectivity index (χ0n) is 13.5. The van der Waals surface area contributed by atoms with E-state index >= 15 is 0 Å². The molecule has 0 radical (unpaired) electrons. The van der Waals surface area contributed by atoms with E-state index in [-0.39, 0.29) is 12.4 Å². The molecule has 1 N–H and O–H groups in total. The van der Waals surface area contributed by atoms with Gasteiger partial charge in [0, 0.05) is 24.6 Å². The van der Waals surface area contributed by atoms with Crippen LogP contribution in [0.2, 0.25) is 0 Å². The van der Waals surface area contributed by atoms with E-state index in [1.54, 1.807) is 6.07 Å². The minimum absolute atomic E-state index is 0.0307. The van der Waals surface area contributed by atoms with Gasteiger partial charge in [0.25, 0.3) is 0 Å². The minimum atomic E-state index is -0.273. The molecule has 1 aromatic rings. The van der Waals surface area contributed by atoms with Crippen LogP contribution in [0.1, 0.15) is 44.7 Å². The van der Waals surface area contributed by atoms with E-state index in [1.165, 1.54) is 12.1 Å². The van der Waals surface area contributed by atoms with Gasteiger partial charge in [-0.05, 0) is 44.0 Å². The number of benzene rings is 1. The van der Waals surface area contributed by atoms with Gasteiger partial charge in [-0.25, -0.2) is 4.39 Å². The van der Waals surface area contributed by atoms with Crippen LogP contribution in [0.3, 0.4) is 0 Å². The largest absolute Gasteiger partial charge is 0.395 e. The molecule has 0 aromatic heterocycles. The molecule has 0 fully saturated rings. The van der Waals surface area contributed by atoms with Gasteiger partial charge < -0.3 is 5.11 Å². The third-order valence-corrected chi connectivity index (χ3v) is 3.52. The lowest BCUT2D eigenvalue weighted by Crippen LogP contribution is -2.30. The van der Waals surface area contributed by atoms with Gasteiger partial charge in [0.2, 0.25) is 0 Å². The molecule has 116 valence electrons. The van der Waals surface area contributed by atoms with Crippen LogP contribution in [-0.4, -0.2) is 29.7 Å². The summed E-state index contributed by atoms with van der Waals surface area (Å²) in [7, 11) is 2.08. The van der Waals surface area contributed by atoms with Crippen LogP contribution in [0.25, 0.3) is 0 Å². The predicted octanol–water partition coefficient (Wildman–Crippen LogP) is 3.43. The number of rotatable bonds is 6. The molecule has 0 saturated carbocycles. The third kappa shape index (κ3) is 6.29. The minimum Gasteiger partial charge on any atom is -0.395 e. The molecule has 0 aliphatic heterocycles. The molecule has 0 heterocycles. The first-order valence-electron chi connectivity index (χ1n) is 7.52. The Labute approximate surface area is 128 Å². The van der Waals surface area contributed by atoms with E-state index in [0.29, 0.717) is 23.9 Å². The average Bonchev–Trinajstić information content (AvgIpc) is 2.41. The molecule has 0 aliphatic rings. The van der Waals surface area contributed by atoms with E-state index in [1.807, 2.05) is 0 Å². The SMILES string of the molecule is CC(C)CC(C)N(C)Cc1ccc(F)cc1C#CCCO. The van der Waals surface area contributed by atoms with Crippen molar-refractivity contribution >= 4 is 0 Å². The number of aliphatic hydroxyl groups is 1. The smallest absolute Gasteiger partial charge is 0.124 e. The molecular formula is C18H26FNO. The predicted molar refractivity (Wildman–Crippen MR) is 85.4 cm³/mol. The fourth-order valence-corrected chi connectivity index (χ4v) is 2.30. The molecular weight excluding hydrogens is 265 g/mol. The highest BCUT2D eigenvalue weighted by atomic mass is 19.1. The van der Waals surface area contributed by atoms with Crippen LogP contribution < -0.4 is 0 Å². The summed E-state index contributed by atoms with van der Waals surface area (Å²) >= 11 is 0. The van der Waals surface area contributed by atoms with Crippen LogP contribution in [-0.2, 0) is 6.54 Å². The Bertz CT molecular complexity index is 502. The van der Waals surface area contributed by atoms with E-state index < -0.39 is 0 Å². The number of hydrogen-bond acceptors (Lipinski definition) is 2. The standard InChI is InChI=1S/C18H26FNO/c1-14(2)11-15(3)20(4)13-17-8-9-18(19)12-16(17)7-5-6-10-21/h8-9,12,14-15,21H,6,10-11,13H2,1-4H3. The monoisotopic (exact) mass is 291 g/mol. The average molecular weight is 291 g/mol. The normalized spacial score (nSPS) is 12.4. The van der Waals surface area contributed by atoms with Crippen LogP contribution in [0.15, 0.2) is 18.2 Å². The van der Waals surface area contributed by atoms with Crippen molar-refractivity contribution in [2.45, 2.75) is 46.2 Å². The lowest BCUT2D eigenvalue weighted by Gasteiger charge is -2.26. The lowest BCUT2D eigenvalue weighted by molar-refractivity contribution is 0.220. The molecule has 1 unspecified atom stereocenters. The van der Waals surface area contributed by atoms with Gasteiger partial charge in [-0.2, -0.15) is 0 Å². The van der Waals surface area contributed by atoms with E-state index in [0.717, 1.165) is 18.5 Å². The Balaban J connectivity index is 2.85. The lowest BCUT2D eigenvalue weighted by atomic mass is 10.0. The molecule has 0 spiro atoms. The van der Waals surface area contributed by atoms with Crippen molar-refractivity contribution in [3.8, 4) is 11.8 Å². The first-order chi connectivity index (χ1) is 9.93.